The summed E-state index contributed by atoms with van der Waals surface area (Å²) in [4.78, 5) is 0.195. The van der Waals surface area contributed by atoms with Gasteiger partial charge in [0.2, 0.25) is 10.0 Å². The molecule has 1 aromatic carbocycles. The summed E-state index contributed by atoms with van der Waals surface area (Å²) in [6.45, 7) is 5.61. The molecule has 0 spiro atoms. The van der Waals surface area contributed by atoms with Gasteiger partial charge >= 0.3 is 0 Å². The third-order valence-corrected chi connectivity index (χ3v) is 4.19. The van der Waals surface area contributed by atoms with Crippen molar-refractivity contribution >= 4 is 10.0 Å². The van der Waals surface area contributed by atoms with Crippen molar-refractivity contribution < 1.29 is 8.42 Å². The Balaban J connectivity index is 2.96. The minimum atomic E-state index is -3.61. The second-order valence-electron chi connectivity index (χ2n) is 4.47. The normalized spacial score (nSPS) is 13.3. The topological polar surface area (TPSA) is 70.0 Å². The molecule has 4 nitrogen and oxygen atoms in total. The molecule has 0 aliphatic heterocycles. The van der Waals surface area contributed by atoms with E-state index in [9.17, 15) is 8.42 Å². The molecule has 98 valence electrons. The molecular formula is C13H18N2O2S. The van der Waals surface area contributed by atoms with E-state index in [-0.39, 0.29) is 10.8 Å². The van der Waals surface area contributed by atoms with Crippen molar-refractivity contribution in [1.82, 2.24) is 4.72 Å². The smallest absolute Gasteiger partial charge is 0.207 e. The number of rotatable bonds is 5. The van der Waals surface area contributed by atoms with Crippen LogP contribution in [0.4, 0.5) is 0 Å². The Labute approximate surface area is 109 Å². The standard InChI is InChI=1S/C13H18N2O2S/c1-4-11-5-7-12(8-6-11)18(16,17)15-13(9-14)10(2)3/h5-8,10,13,15H,4H2,1-3H3/t13-/m0/s1. The predicted octanol–water partition coefficient (Wildman–Crippen LogP) is 2.08. The number of benzene rings is 1. The molecule has 1 rings (SSSR count). The maximum atomic E-state index is 12.0. The summed E-state index contributed by atoms with van der Waals surface area (Å²) in [5, 5.41) is 8.91. The molecule has 1 N–H and O–H groups in total. The zero-order valence-corrected chi connectivity index (χ0v) is 11.7. The van der Waals surface area contributed by atoms with Crippen LogP contribution in [0.15, 0.2) is 29.2 Å². The first-order valence-corrected chi connectivity index (χ1v) is 7.40. The average Bonchev–Trinajstić information content (AvgIpc) is 2.35. The Morgan fingerprint density at radius 2 is 1.83 bits per heavy atom. The maximum absolute atomic E-state index is 12.0. The predicted molar refractivity (Wildman–Crippen MR) is 70.4 cm³/mol. The van der Waals surface area contributed by atoms with E-state index in [2.05, 4.69) is 4.72 Å². The van der Waals surface area contributed by atoms with E-state index in [1.807, 2.05) is 13.0 Å². The zero-order valence-electron chi connectivity index (χ0n) is 10.8. The van der Waals surface area contributed by atoms with Gasteiger partial charge in [0, 0.05) is 0 Å². The molecular weight excluding hydrogens is 248 g/mol. The molecule has 18 heavy (non-hydrogen) atoms. The maximum Gasteiger partial charge on any atom is 0.241 e. The van der Waals surface area contributed by atoms with Gasteiger partial charge in [-0.2, -0.15) is 9.98 Å². The third kappa shape index (κ3) is 3.56. The number of nitrogens with one attached hydrogen (secondary N) is 1. The number of hydrogen-bond acceptors (Lipinski definition) is 3. The van der Waals surface area contributed by atoms with Gasteiger partial charge in [0.25, 0.3) is 0 Å². The largest absolute Gasteiger partial charge is 0.241 e. The van der Waals surface area contributed by atoms with Gasteiger partial charge < -0.3 is 0 Å². The van der Waals surface area contributed by atoms with Crippen LogP contribution in [-0.4, -0.2) is 14.5 Å². The first kappa shape index (κ1) is 14.7. The quantitative estimate of drug-likeness (QED) is 0.887. The molecule has 0 bridgehead atoms. The Morgan fingerprint density at radius 1 is 1.28 bits per heavy atom. The molecule has 0 heterocycles. The van der Waals surface area contributed by atoms with Crippen LogP contribution < -0.4 is 4.72 Å². The van der Waals surface area contributed by atoms with E-state index < -0.39 is 16.1 Å². The molecule has 0 saturated carbocycles. The molecule has 1 aromatic rings. The summed E-state index contributed by atoms with van der Waals surface area (Å²) < 4.78 is 26.5. The van der Waals surface area contributed by atoms with Crippen LogP contribution in [0.1, 0.15) is 26.3 Å². The van der Waals surface area contributed by atoms with E-state index in [0.717, 1.165) is 12.0 Å². The third-order valence-electron chi connectivity index (χ3n) is 2.73. The molecule has 0 amide bonds. The van der Waals surface area contributed by atoms with Crippen LogP contribution >= 0.6 is 0 Å². The van der Waals surface area contributed by atoms with Gasteiger partial charge in [-0.1, -0.05) is 32.9 Å². The van der Waals surface area contributed by atoms with Crippen molar-refractivity contribution in [2.24, 2.45) is 5.92 Å². The average molecular weight is 266 g/mol. The molecule has 0 aliphatic rings. The highest BCUT2D eigenvalue weighted by Crippen LogP contribution is 2.13. The van der Waals surface area contributed by atoms with Gasteiger partial charge in [-0.25, -0.2) is 8.42 Å². The molecule has 0 radical (unpaired) electrons. The summed E-state index contributed by atoms with van der Waals surface area (Å²) in [6.07, 6.45) is 0.862. The minimum Gasteiger partial charge on any atom is -0.207 e. The molecule has 0 saturated heterocycles. The van der Waals surface area contributed by atoms with E-state index >= 15 is 0 Å². The fraction of sp³-hybridized carbons (Fsp3) is 0.462. The van der Waals surface area contributed by atoms with Gasteiger partial charge in [-0.15, -0.1) is 0 Å². The zero-order chi connectivity index (χ0) is 13.8. The number of aryl methyl sites for hydroxylation is 1. The summed E-state index contributed by atoms with van der Waals surface area (Å²) in [5.74, 6) is -0.0697. The van der Waals surface area contributed by atoms with Crippen molar-refractivity contribution in [2.75, 3.05) is 0 Å². The van der Waals surface area contributed by atoms with E-state index in [1.54, 1.807) is 38.1 Å². The Morgan fingerprint density at radius 3 is 2.22 bits per heavy atom. The van der Waals surface area contributed by atoms with Gasteiger partial charge in [0.15, 0.2) is 0 Å². The minimum absolute atomic E-state index is 0.0697. The number of sulfonamides is 1. The second kappa shape index (κ2) is 5.98. The highest BCUT2D eigenvalue weighted by Gasteiger charge is 2.21. The lowest BCUT2D eigenvalue weighted by Crippen LogP contribution is -2.37. The molecule has 0 aliphatic carbocycles. The highest BCUT2D eigenvalue weighted by molar-refractivity contribution is 7.89. The molecule has 5 heteroatoms. The second-order valence-corrected chi connectivity index (χ2v) is 6.18. The summed E-state index contributed by atoms with van der Waals surface area (Å²) in [5.41, 5.74) is 1.08. The highest BCUT2D eigenvalue weighted by atomic mass is 32.2. The molecule has 0 unspecified atom stereocenters. The fourth-order valence-electron chi connectivity index (χ4n) is 1.45. The lowest BCUT2D eigenvalue weighted by atomic mass is 10.1. The van der Waals surface area contributed by atoms with Crippen molar-refractivity contribution in [1.29, 1.82) is 5.26 Å². The Hall–Kier alpha value is -1.38. The van der Waals surface area contributed by atoms with Gasteiger partial charge in [0.05, 0.1) is 11.0 Å². The van der Waals surface area contributed by atoms with Gasteiger partial charge in [-0.3, -0.25) is 0 Å². The molecule has 1 atom stereocenters. The monoisotopic (exact) mass is 266 g/mol. The van der Waals surface area contributed by atoms with Crippen LogP contribution in [-0.2, 0) is 16.4 Å². The molecule has 0 aromatic heterocycles. The summed E-state index contributed by atoms with van der Waals surface area (Å²) in [6, 6.07) is 7.95. The lowest BCUT2D eigenvalue weighted by Gasteiger charge is -2.15. The van der Waals surface area contributed by atoms with Gasteiger partial charge in [0.1, 0.15) is 6.04 Å². The number of hydrogen-bond donors (Lipinski definition) is 1. The fourth-order valence-corrected chi connectivity index (χ4v) is 2.74. The van der Waals surface area contributed by atoms with Crippen LogP contribution in [0.5, 0.6) is 0 Å². The number of nitrogens with zero attached hydrogens (tertiary/aromatic N) is 1. The summed E-state index contributed by atoms with van der Waals surface area (Å²) >= 11 is 0. The Bertz CT molecular complexity index is 527. The van der Waals surface area contributed by atoms with Gasteiger partial charge in [-0.05, 0) is 30.0 Å². The van der Waals surface area contributed by atoms with E-state index in [4.69, 9.17) is 5.26 Å². The van der Waals surface area contributed by atoms with E-state index in [1.165, 1.54) is 0 Å². The first-order valence-electron chi connectivity index (χ1n) is 5.91. The van der Waals surface area contributed by atoms with E-state index in [0.29, 0.717) is 0 Å². The van der Waals surface area contributed by atoms with Crippen LogP contribution in [0.2, 0.25) is 0 Å². The van der Waals surface area contributed by atoms with Crippen molar-refractivity contribution in [2.45, 2.75) is 38.1 Å². The van der Waals surface area contributed by atoms with Crippen LogP contribution in [0, 0.1) is 17.2 Å². The van der Waals surface area contributed by atoms with Crippen LogP contribution in [0.25, 0.3) is 0 Å². The lowest BCUT2D eigenvalue weighted by molar-refractivity contribution is 0.515. The van der Waals surface area contributed by atoms with Crippen molar-refractivity contribution in [3.8, 4) is 6.07 Å². The SMILES string of the molecule is CCc1ccc(S(=O)(=O)N[C@@H](C#N)C(C)C)cc1. The number of nitriles is 1. The molecule has 0 fully saturated rings. The Kier molecular flexibility index (Phi) is 4.88. The summed E-state index contributed by atoms with van der Waals surface area (Å²) in [7, 11) is -3.61. The first-order chi connectivity index (χ1) is 8.40. The van der Waals surface area contributed by atoms with Crippen LogP contribution in [0.3, 0.4) is 0 Å². The van der Waals surface area contributed by atoms with Crippen molar-refractivity contribution in [3.63, 3.8) is 0 Å². The van der Waals surface area contributed by atoms with Crippen molar-refractivity contribution in [3.05, 3.63) is 29.8 Å².